The van der Waals surface area contributed by atoms with Crippen molar-refractivity contribution in [2.24, 2.45) is 0 Å². The van der Waals surface area contributed by atoms with Crippen LogP contribution in [-0.2, 0) is 6.54 Å². The van der Waals surface area contributed by atoms with Crippen molar-refractivity contribution in [3.63, 3.8) is 0 Å². The van der Waals surface area contributed by atoms with E-state index in [2.05, 4.69) is 10.5 Å². The monoisotopic (exact) mass is 275 g/mol. The number of aryl methyl sites for hydroxylation is 4. The normalized spacial score (nSPS) is 10.6. The SMILES string of the molecule is Cc1cc(NCc2c(C)noc2C)c([N+](=O)[O-])cc1C. The topological polar surface area (TPSA) is 81.2 Å². The fraction of sp³-hybridized carbons (Fsp3) is 0.357. The number of nitro benzene ring substituents is 1. The minimum atomic E-state index is -0.373. The molecule has 0 amide bonds. The summed E-state index contributed by atoms with van der Waals surface area (Å²) >= 11 is 0. The number of hydrogen-bond donors (Lipinski definition) is 1. The highest BCUT2D eigenvalue weighted by Crippen LogP contribution is 2.28. The molecule has 0 atom stereocenters. The van der Waals surface area contributed by atoms with E-state index < -0.39 is 0 Å². The quantitative estimate of drug-likeness (QED) is 0.683. The summed E-state index contributed by atoms with van der Waals surface area (Å²) in [4.78, 5) is 10.7. The Morgan fingerprint density at radius 2 is 1.90 bits per heavy atom. The van der Waals surface area contributed by atoms with Gasteiger partial charge in [-0.05, 0) is 44.9 Å². The van der Waals surface area contributed by atoms with E-state index in [1.165, 1.54) is 0 Å². The number of aromatic nitrogens is 1. The first-order valence-electron chi connectivity index (χ1n) is 6.31. The van der Waals surface area contributed by atoms with Crippen LogP contribution < -0.4 is 5.32 Å². The second kappa shape index (κ2) is 5.32. The third-order valence-corrected chi connectivity index (χ3v) is 3.45. The van der Waals surface area contributed by atoms with Crippen molar-refractivity contribution in [1.29, 1.82) is 0 Å². The maximum atomic E-state index is 11.1. The minimum Gasteiger partial charge on any atom is -0.375 e. The van der Waals surface area contributed by atoms with Crippen molar-refractivity contribution >= 4 is 11.4 Å². The second-order valence-electron chi connectivity index (χ2n) is 4.87. The van der Waals surface area contributed by atoms with Gasteiger partial charge in [0.25, 0.3) is 5.69 Å². The summed E-state index contributed by atoms with van der Waals surface area (Å²) in [7, 11) is 0. The summed E-state index contributed by atoms with van der Waals surface area (Å²) < 4.78 is 5.08. The van der Waals surface area contributed by atoms with E-state index in [9.17, 15) is 10.1 Å². The van der Waals surface area contributed by atoms with Gasteiger partial charge >= 0.3 is 0 Å². The van der Waals surface area contributed by atoms with Crippen LogP contribution in [-0.4, -0.2) is 10.1 Å². The number of hydrogen-bond acceptors (Lipinski definition) is 5. The van der Waals surface area contributed by atoms with E-state index in [0.29, 0.717) is 12.2 Å². The highest BCUT2D eigenvalue weighted by Gasteiger charge is 2.16. The molecule has 1 aromatic carbocycles. The molecule has 0 unspecified atom stereocenters. The first-order valence-corrected chi connectivity index (χ1v) is 6.31. The van der Waals surface area contributed by atoms with E-state index in [1.807, 2.05) is 27.7 Å². The van der Waals surface area contributed by atoms with Crippen molar-refractivity contribution in [1.82, 2.24) is 5.16 Å². The van der Waals surface area contributed by atoms with Crippen LogP contribution in [0.4, 0.5) is 11.4 Å². The molecule has 6 nitrogen and oxygen atoms in total. The zero-order chi connectivity index (χ0) is 14.9. The van der Waals surface area contributed by atoms with Crippen LogP contribution in [0.3, 0.4) is 0 Å². The molecule has 0 bridgehead atoms. The molecule has 2 aromatic rings. The average molecular weight is 275 g/mol. The van der Waals surface area contributed by atoms with Gasteiger partial charge in [0.1, 0.15) is 11.4 Å². The summed E-state index contributed by atoms with van der Waals surface area (Å²) in [6, 6.07) is 3.39. The maximum absolute atomic E-state index is 11.1. The Morgan fingerprint density at radius 1 is 1.25 bits per heavy atom. The molecule has 0 aliphatic rings. The smallest absolute Gasteiger partial charge is 0.292 e. The molecule has 1 heterocycles. The van der Waals surface area contributed by atoms with E-state index in [1.54, 1.807) is 12.1 Å². The Morgan fingerprint density at radius 3 is 2.45 bits per heavy atom. The van der Waals surface area contributed by atoms with Crippen molar-refractivity contribution in [2.75, 3.05) is 5.32 Å². The molecule has 20 heavy (non-hydrogen) atoms. The van der Waals surface area contributed by atoms with Crippen LogP contribution in [0, 0.1) is 37.8 Å². The van der Waals surface area contributed by atoms with Gasteiger partial charge in [-0.15, -0.1) is 0 Å². The largest absolute Gasteiger partial charge is 0.375 e. The van der Waals surface area contributed by atoms with Gasteiger partial charge in [0, 0.05) is 18.2 Å². The second-order valence-corrected chi connectivity index (χ2v) is 4.87. The third kappa shape index (κ3) is 2.64. The molecule has 1 aromatic heterocycles. The Hall–Kier alpha value is -2.37. The fourth-order valence-corrected chi connectivity index (χ4v) is 2.03. The molecule has 0 aliphatic heterocycles. The van der Waals surface area contributed by atoms with Gasteiger partial charge in [-0.1, -0.05) is 5.16 Å². The molecule has 0 radical (unpaired) electrons. The van der Waals surface area contributed by atoms with E-state index in [-0.39, 0.29) is 10.6 Å². The number of nitrogens with zero attached hydrogens (tertiary/aromatic N) is 2. The number of anilines is 1. The van der Waals surface area contributed by atoms with Crippen molar-refractivity contribution < 1.29 is 9.45 Å². The van der Waals surface area contributed by atoms with Crippen molar-refractivity contribution in [3.8, 4) is 0 Å². The lowest BCUT2D eigenvalue weighted by atomic mass is 10.1. The van der Waals surface area contributed by atoms with E-state index >= 15 is 0 Å². The van der Waals surface area contributed by atoms with Crippen molar-refractivity contribution in [3.05, 3.63) is 50.4 Å². The summed E-state index contributed by atoms with van der Waals surface area (Å²) in [6.07, 6.45) is 0. The molecule has 0 saturated carbocycles. The molecule has 6 heteroatoms. The first kappa shape index (κ1) is 14.0. The fourth-order valence-electron chi connectivity index (χ4n) is 2.03. The van der Waals surface area contributed by atoms with Gasteiger partial charge in [0.15, 0.2) is 0 Å². The molecule has 1 N–H and O–H groups in total. The molecular weight excluding hydrogens is 258 g/mol. The molecular formula is C14H17N3O3. The van der Waals surface area contributed by atoms with Gasteiger partial charge in [0.05, 0.1) is 10.6 Å². The average Bonchev–Trinajstić information content (AvgIpc) is 2.70. The van der Waals surface area contributed by atoms with Crippen LogP contribution in [0.25, 0.3) is 0 Å². The molecule has 0 aliphatic carbocycles. The summed E-state index contributed by atoms with van der Waals surface area (Å²) in [6.45, 7) is 7.92. The predicted octanol–water partition coefficient (Wildman–Crippen LogP) is 3.43. The zero-order valence-corrected chi connectivity index (χ0v) is 12.0. The highest BCUT2D eigenvalue weighted by atomic mass is 16.6. The predicted molar refractivity (Wildman–Crippen MR) is 75.9 cm³/mol. The van der Waals surface area contributed by atoms with E-state index in [0.717, 1.165) is 28.1 Å². The van der Waals surface area contributed by atoms with Gasteiger partial charge in [0.2, 0.25) is 0 Å². The summed E-state index contributed by atoms with van der Waals surface area (Å²) in [5.41, 5.74) is 4.23. The van der Waals surface area contributed by atoms with Crippen molar-refractivity contribution in [2.45, 2.75) is 34.2 Å². The standard InChI is InChI=1S/C14H17N3O3/c1-8-5-13(14(17(18)19)6-9(8)2)15-7-12-10(3)16-20-11(12)4/h5-6,15H,7H2,1-4H3. The van der Waals surface area contributed by atoms with Crippen LogP contribution >= 0.6 is 0 Å². The number of rotatable bonds is 4. The Balaban J connectivity index is 2.29. The minimum absolute atomic E-state index is 0.0832. The van der Waals surface area contributed by atoms with Gasteiger partial charge in [-0.25, -0.2) is 0 Å². The lowest BCUT2D eigenvalue weighted by Crippen LogP contribution is -2.05. The molecule has 0 spiro atoms. The molecule has 2 rings (SSSR count). The maximum Gasteiger partial charge on any atom is 0.292 e. The first-order chi connectivity index (χ1) is 9.40. The van der Waals surface area contributed by atoms with Gasteiger partial charge < -0.3 is 9.84 Å². The van der Waals surface area contributed by atoms with Crippen LogP contribution in [0.5, 0.6) is 0 Å². The number of nitrogens with one attached hydrogen (secondary N) is 1. The molecule has 0 fully saturated rings. The highest BCUT2D eigenvalue weighted by molar-refractivity contribution is 5.64. The van der Waals surface area contributed by atoms with Crippen LogP contribution in [0.2, 0.25) is 0 Å². The number of nitro groups is 1. The third-order valence-electron chi connectivity index (χ3n) is 3.45. The van der Waals surface area contributed by atoms with E-state index in [4.69, 9.17) is 4.52 Å². The van der Waals surface area contributed by atoms with Gasteiger partial charge in [-0.3, -0.25) is 10.1 Å². The molecule has 0 saturated heterocycles. The number of benzene rings is 1. The zero-order valence-electron chi connectivity index (χ0n) is 12.0. The van der Waals surface area contributed by atoms with Crippen LogP contribution in [0.1, 0.15) is 28.1 Å². The van der Waals surface area contributed by atoms with Gasteiger partial charge in [-0.2, -0.15) is 0 Å². The Kier molecular flexibility index (Phi) is 3.74. The lowest BCUT2D eigenvalue weighted by molar-refractivity contribution is -0.384. The molecule has 106 valence electrons. The summed E-state index contributed by atoms with van der Waals surface area (Å²) in [5, 5.41) is 18.1. The summed E-state index contributed by atoms with van der Waals surface area (Å²) in [5.74, 6) is 0.724. The lowest BCUT2D eigenvalue weighted by Gasteiger charge is -2.09. The Bertz CT molecular complexity index is 642. The Labute approximate surface area is 116 Å². The van der Waals surface area contributed by atoms with Crippen LogP contribution in [0.15, 0.2) is 16.7 Å².